The van der Waals surface area contributed by atoms with E-state index in [4.69, 9.17) is 0 Å². The molecule has 1 aliphatic carbocycles. The van der Waals surface area contributed by atoms with E-state index in [0.29, 0.717) is 5.92 Å². The molecular formula is C35H37BrN4. The first-order valence-corrected chi connectivity index (χ1v) is 14.9. The number of hydrogen-bond donors (Lipinski definition) is 1. The Morgan fingerprint density at radius 3 is 2.42 bits per heavy atom. The average Bonchev–Trinajstić information content (AvgIpc) is 3.37. The third-order valence-corrected chi connectivity index (χ3v) is 8.38. The SMILES string of the molecule is C=C(NCc1ccc(CC)cc1)C1CCc2ccccc2C1.Cc1ccccc1-c1cc(C)n2ncc(Br)c2n1. The highest BCUT2D eigenvalue weighted by Gasteiger charge is 2.20. The molecule has 1 unspecified atom stereocenters. The Balaban J connectivity index is 0.000000164. The van der Waals surface area contributed by atoms with Crippen molar-refractivity contribution in [3.05, 3.63) is 135 Å². The Kier molecular flexibility index (Phi) is 8.81. The van der Waals surface area contributed by atoms with Gasteiger partial charge in [0.15, 0.2) is 5.65 Å². The number of fused-ring (bicyclic) bond motifs is 2. The number of benzene rings is 3. The van der Waals surface area contributed by atoms with Crippen LogP contribution in [0.4, 0.5) is 0 Å². The maximum absolute atomic E-state index is 4.68. The van der Waals surface area contributed by atoms with Crippen LogP contribution in [0.3, 0.4) is 0 Å². The Bertz CT molecular complexity index is 1620. The molecule has 0 spiro atoms. The largest absolute Gasteiger partial charge is 0.385 e. The Morgan fingerprint density at radius 1 is 0.975 bits per heavy atom. The number of allylic oxidation sites excluding steroid dienone is 1. The van der Waals surface area contributed by atoms with Gasteiger partial charge in [-0.05, 0) is 89.3 Å². The van der Waals surface area contributed by atoms with E-state index in [1.165, 1.54) is 46.4 Å². The molecule has 0 saturated heterocycles. The summed E-state index contributed by atoms with van der Waals surface area (Å²) in [7, 11) is 0. The van der Waals surface area contributed by atoms with Crippen molar-refractivity contribution in [1.82, 2.24) is 19.9 Å². The van der Waals surface area contributed by atoms with Gasteiger partial charge >= 0.3 is 0 Å². The minimum Gasteiger partial charge on any atom is -0.385 e. The van der Waals surface area contributed by atoms with Crippen LogP contribution in [0.15, 0.2) is 102 Å². The topological polar surface area (TPSA) is 42.2 Å². The third-order valence-electron chi connectivity index (χ3n) is 7.82. The van der Waals surface area contributed by atoms with Crippen LogP contribution in [0.1, 0.15) is 46.9 Å². The molecule has 0 fully saturated rings. The quantitative estimate of drug-likeness (QED) is 0.215. The molecule has 40 heavy (non-hydrogen) atoms. The molecule has 4 nitrogen and oxygen atoms in total. The van der Waals surface area contributed by atoms with Crippen LogP contribution in [0.5, 0.6) is 0 Å². The number of rotatable bonds is 6. The van der Waals surface area contributed by atoms with Crippen LogP contribution in [-0.4, -0.2) is 14.6 Å². The van der Waals surface area contributed by atoms with Gasteiger partial charge in [-0.2, -0.15) is 5.10 Å². The van der Waals surface area contributed by atoms with Gasteiger partial charge in [0, 0.05) is 29.4 Å². The number of nitrogens with one attached hydrogen (secondary N) is 1. The van der Waals surface area contributed by atoms with E-state index >= 15 is 0 Å². The zero-order chi connectivity index (χ0) is 28.1. The molecule has 3 aromatic carbocycles. The van der Waals surface area contributed by atoms with E-state index in [-0.39, 0.29) is 0 Å². The lowest BCUT2D eigenvalue weighted by Crippen LogP contribution is -2.24. The Hall–Kier alpha value is -3.70. The van der Waals surface area contributed by atoms with E-state index in [9.17, 15) is 0 Å². The van der Waals surface area contributed by atoms with E-state index in [1.807, 2.05) is 23.6 Å². The first kappa shape index (κ1) is 27.9. The first-order chi connectivity index (χ1) is 19.4. The maximum atomic E-state index is 4.68. The van der Waals surface area contributed by atoms with E-state index < -0.39 is 0 Å². The minimum absolute atomic E-state index is 0.560. The van der Waals surface area contributed by atoms with Gasteiger partial charge in [-0.1, -0.05) is 86.3 Å². The zero-order valence-corrected chi connectivity index (χ0v) is 25.2. The van der Waals surface area contributed by atoms with Crippen molar-refractivity contribution in [3.8, 4) is 11.3 Å². The van der Waals surface area contributed by atoms with Gasteiger partial charge in [-0.15, -0.1) is 0 Å². The summed E-state index contributed by atoms with van der Waals surface area (Å²) in [5.74, 6) is 0.560. The van der Waals surface area contributed by atoms with Crippen LogP contribution >= 0.6 is 15.9 Å². The second-order valence-corrected chi connectivity index (χ2v) is 11.4. The van der Waals surface area contributed by atoms with Crippen LogP contribution in [0.2, 0.25) is 0 Å². The summed E-state index contributed by atoms with van der Waals surface area (Å²) in [6.45, 7) is 11.5. The number of aryl methyl sites for hydroxylation is 4. The van der Waals surface area contributed by atoms with Crippen LogP contribution in [-0.2, 0) is 25.8 Å². The summed E-state index contributed by atoms with van der Waals surface area (Å²) < 4.78 is 2.76. The fraction of sp³-hybridized carbons (Fsp3) is 0.257. The van der Waals surface area contributed by atoms with E-state index in [1.54, 1.807) is 6.20 Å². The summed E-state index contributed by atoms with van der Waals surface area (Å²) in [5, 5.41) is 7.82. The molecule has 0 bridgehead atoms. The molecule has 0 saturated carbocycles. The summed E-state index contributed by atoms with van der Waals surface area (Å²) >= 11 is 3.48. The average molecular weight is 594 g/mol. The highest BCUT2D eigenvalue weighted by Crippen LogP contribution is 2.29. The van der Waals surface area contributed by atoms with Crippen molar-refractivity contribution in [1.29, 1.82) is 0 Å². The zero-order valence-electron chi connectivity index (χ0n) is 23.6. The van der Waals surface area contributed by atoms with Gasteiger partial charge in [0.05, 0.1) is 16.4 Å². The third kappa shape index (κ3) is 6.37. The van der Waals surface area contributed by atoms with E-state index in [0.717, 1.165) is 46.5 Å². The van der Waals surface area contributed by atoms with Crippen molar-refractivity contribution in [2.45, 2.75) is 53.0 Å². The Labute approximate surface area is 246 Å². The van der Waals surface area contributed by atoms with Gasteiger partial charge in [0.1, 0.15) is 0 Å². The molecule has 2 aromatic heterocycles. The maximum Gasteiger partial charge on any atom is 0.170 e. The molecule has 204 valence electrons. The predicted molar refractivity (Wildman–Crippen MR) is 169 cm³/mol. The molecule has 2 heterocycles. The summed E-state index contributed by atoms with van der Waals surface area (Å²) in [5.41, 5.74) is 12.2. The van der Waals surface area contributed by atoms with E-state index in [2.05, 4.69) is 118 Å². The predicted octanol–water partition coefficient (Wildman–Crippen LogP) is 8.43. The van der Waals surface area contributed by atoms with Crippen molar-refractivity contribution < 1.29 is 0 Å². The molecule has 6 rings (SSSR count). The second kappa shape index (κ2) is 12.6. The lowest BCUT2D eigenvalue weighted by molar-refractivity contribution is 0.491. The fourth-order valence-corrected chi connectivity index (χ4v) is 5.68. The van der Waals surface area contributed by atoms with Gasteiger partial charge in [-0.3, -0.25) is 0 Å². The number of hydrogen-bond acceptors (Lipinski definition) is 3. The molecule has 5 aromatic rings. The summed E-state index contributed by atoms with van der Waals surface area (Å²) in [6, 6.07) is 28.0. The molecule has 0 radical (unpaired) electrons. The van der Waals surface area contributed by atoms with Crippen molar-refractivity contribution in [3.63, 3.8) is 0 Å². The highest BCUT2D eigenvalue weighted by atomic mass is 79.9. The van der Waals surface area contributed by atoms with Crippen molar-refractivity contribution in [2.75, 3.05) is 0 Å². The van der Waals surface area contributed by atoms with Crippen molar-refractivity contribution >= 4 is 21.6 Å². The minimum atomic E-state index is 0.560. The summed E-state index contributed by atoms with van der Waals surface area (Å²) in [4.78, 5) is 4.68. The molecule has 1 aliphatic rings. The van der Waals surface area contributed by atoms with Crippen LogP contribution in [0.25, 0.3) is 16.9 Å². The van der Waals surface area contributed by atoms with Gasteiger partial charge in [0.2, 0.25) is 0 Å². The molecule has 0 amide bonds. The second-order valence-electron chi connectivity index (χ2n) is 10.6. The fourth-order valence-electron chi connectivity index (χ4n) is 5.33. The number of nitrogens with zero attached hydrogens (tertiary/aromatic N) is 3. The van der Waals surface area contributed by atoms with Crippen molar-refractivity contribution in [2.24, 2.45) is 5.92 Å². The molecule has 1 N–H and O–H groups in total. The summed E-state index contributed by atoms with van der Waals surface area (Å²) in [6.07, 6.45) is 6.37. The highest BCUT2D eigenvalue weighted by molar-refractivity contribution is 9.10. The molecule has 0 aliphatic heterocycles. The van der Waals surface area contributed by atoms with Crippen LogP contribution in [0, 0.1) is 19.8 Å². The molecule has 5 heteroatoms. The first-order valence-electron chi connectivity index (χ1n) is 14.1. The monoisotopic (exact) mass is 592 g/mol. The lowest BCUT2D eigenvalue weighted by Gasteiger charge is -2.27. The molecule has 1 atom stereocenters. The lowest BCUT2D eigenvalue weighted by atomic mass is 9.82. The smallest absolute Gasteiger partial charge is 0.170 e. The Morgan fingerprint density at radius 2 is 1.68 bits per heavy atom. The number of halogens is 1. The standard InChI is InChI=1S/C21H25N.C14H12BrN3/c1-3-17-8-10-18(11-9-17)15-22-16(2)20-13-12-19-6-4-5-7-21(19)14-20;1-9-5-3-4-6-11(9)13-7-10(2)18-14(17-13)12(15)8-16-18/h4-11,20,22H,2-3,12-15H2,1H3;3-8H,1-2H3. The van der Waals surface area contributed by atoms with Crippen LogP contribution < -0.4 is 5.32 Å². The van der Waals surface area contributed by atoms with Gasteiger partial charge in [-0.25, -0.2) is 9.50 Å². The normalized spacial score (nSPS) is 14.2. The van der Waals surface area contributed by atoms with Gasteiger partial charge in [0.25, 0.3) is 0 Å². The molecular weight excluding hydrogens is 556 g/mol. The number of aromatic nitrogens is 3. The van der Waals surface area contributed by atoms with Gasteiger partial charge < -0.3 is 5.32 Å².